The molecule has 5 aromatic rings. The molecule has 0 saturated heterocycles. The van der Waals surface area contributed by atoms with Crippen molar-refractivity contribution in [2.45, 2.75) is 17.3 Å². The molecular weight excluding hydrogens is 450 g/mol. The number of thiophene rings is 1. The third kappa shape index (κ3) is 4.56. The lowest BCUT2D eigenvalue weighted by atomic mass is 10.1. The maximum Gasteiger partial charge on any atom is 0.258 e. The van der Waals surface area contributed by atoms with Crippen molar-refractivity contribution in [3.05, 3.63) is 93.7 Å². The van der Waals surface area contributed by atoms with Crippen molar-refractivity contribution < 1.29 is 4.52 Å². The van der Waals surface area contributed by atoms with E-state index in [9.17, 15) is 0 Å². The lowest BCUT2D eigenvalue weighted by Gasteiger charge is -2.10. The fourth-order valence-corrected chi connectivity index (χ4v) is 4.65. The van der Waals surface area contributed by atoms with Crippen molar-refractivity contribution in [2.75, 3.05) is 0 Å². The maximum absolute atomic E-state index is 6.10. The zero-order chi connectivity index (χ0) is 21.0. The van der Waals surface area contributed by atoms with Gasteiger partial charge in [0, 0.05) is 22.5 Å². The van der Waals surface area contributed by atoms with Crippen molar-refractivity contribution in [3.8, 4) is 17.1 Å². The van der Waals surface area contributed by atoms with Crippen LogP contribution in [-0.4, -0.2) is 24.9 Å². The maximum atomic E-state index is 6.10. The first-order valence-corrected chi connectivity index (χ1v) is 11.8. The fraction of sp³-hybridized carbons (Fsp3) is 0.0909. The highest BCUT2D eigenvalue weighted by atomic mass is 35.5. The zero-order valence-electron chi connectivity index (χ0n) is 16.2. The van der Waals surface area contributed by atoms with E-state index in [1.54, 1.807) is 11.3 Å². The molecule has 3 aromatic heterocycles. The Morgan fingerprint density at radius 1 is 1.00 bits per heavy atom. The molecule has 0 unspecified atom stereocenters. The van der Waals surface area contributed by atoms with Crippen LogP contribution >= 0.6 is 34.7 Å². The third-order valence-corrected chi connectivity index (χ3v) is 6.42. The van der Waals surface area contributed by atoms with Crippen LogP contribution in [0.4, 0.5) is 0 Å². The zero-order valence-corrected chi connectivity index (χ0v) is 18.6. The van der Waals surface area contributed by atoms with E-state index < -0.39 is 0 Å². The summed E-state index contributed by atoms with van der Waals surface area (Å²) in [6, 6.07) is 19.8. The predicted molar refractivity (Wildman–Crippen MR) is 123 cm³/mol. The number of hydrogen-bond donors (Lipinski definition) is 0. The van der Waals surface area contributed by atoms with Gasteiger partial charge in [-0.15, -0.1) is 10.2 Å². The van der Waals surface area contributed by atoms with Gasteiger partial charge in [-0.2, -0.15) is 16.3 Å². The van der Waals surface area contributed by atoms with Crippen molar-refractivity contribution in [3.63, 3.8) is 0 Å². The molecule has 6 nitrogen and oxygen atoms in total. The van der Waals surface area contributed by atoms with E-state index in [4.69, 9.17) is 16.1 Å². The number of aromatic nitrogens is 5. The second-order valence-corrected chi connectivity index (χ2v) is 8.85. The highest BCUT2D eigenvalue weighted by Gasteiger charge is 2.17. The van der Waals surface area contributed by atoms with Crippen LogP contribution in [0.25, 0.3) is 17.1 Å². The number of nitrogens with zero attached hydrogens (tertiary/aromatic N) is 5. The Morgan fingerprint density at radius 3 is 2.61 bits per heavy atom. The van der Waals surface area contributed by atoms with Gasteiger partial charge in [0.05, 0.1) is 11.3 Å². The van der Waals surface area contributed by atoms with Gasteiger partial charge in [0.15, 0.2) is 11.0 Å². The molecule has 3 heterocycles. The van der Waals surface area contributed by atoms with Gasteiger partial charge in [-0.25, -0.2) is 0 Å². The first-order chi connectivity index (χ1) is 15.3. The van der Waals surface area contributed by atoms with Crippen LogP contribution in [0.3, 0.4) is 0 Å². The summed E-state index contributed by atoms with van der Waals surface area (Å²) < 4.78 is 7.43. The van der Waals surface area contributed by atoms with Crippen LogP contribution in [-0.2, 0) is 12.2 Å². The molecule has 2 aromatic carbocycles. The highest BCUT2D eigenvalue weighted by molar-refractivity contribution is 7.98. The molecule has 0 amide bonds. The Kier molecular flexibility index (Phi) is 5.84. The molecule has 0 aliphatic rings. The van der Waals surface area contributed by atoms with E-state index in [2.05, 4.69) is 32.5 Å². The number of benzene rings is 2. The van der Waals surface area contributed by atoms with Gasteiger partial charge in [0.25, 0.3) is 5.89 Å². The first kappa shape index (κ1) is 20.0. The second kappa shape index (κ2) is 9.05. The lowest BCUT2D eigenvalue weighted by Crippen LogP contribution is -2.04. The second-order valence-electron chi connectivity index (χ2n) is 6.69. The molecule has 31 heavy (non-hydrogen) atoms. The molecule has 0 aliphatic carbocycles. The molecule has 0 bridgehead atoms. The van der Waals surface area contributed by atoms with Crippen LogP contribution in [0.2, 0.25) is 5.02 Å². The molecule has 154 valence electrons. The third-order valence-electron chi connectivity index (χ3n) is 4.56. The van der Waals surface area contributed by atoms with Gasteiger partial charge >= 0.3 is 0 Å². The summed E-state index contributed by atoms with van der Waals surface area (Å²) in [5, 5.41) is 18.4. The largest absolute Gasteiger partial charge is 0.334 e. The average molecular weight is 466 g/mol. The Labute approximate surface area is 191 Å². The van der Waals surface area contributed by atoms with Gasteiger partial charge in [-0.05, 0) is 41.3 Å². The number of thioether (sulfide) groups is 1. The van der Waals surface area contributed by atoms with Crippen LogP contribution in [0.1, 0.15) is 17.2 Å². The smallest absolute Gasteiger partial charge is 0.258 e. The topological polar surface area (TPSA) is 69.6 Å². The van der Waals surface area contributed by atoms with Gasteiger partial charge in [0.2, 0.25) is 0 Å². The molecule has 0 N–H and O–H groups in total. The standard InChI is InChI=1S/C22H16ClN5OS2/c23-17-6-8-18(9-7-17)28-20(12-15-4-2-1-3-5-15)25-26-22(28)31-14-19-24-21(29-27-19)16-10-11-30-13-16/h1-11,13H,12,14H2. The molecular formula is C22H16ClN5OS2. The van der Waals surface area contributed by atoms with Crippen molar-refractivity contribution in [1.82, 2.24) is 24.9 Å². The minimum Gasteiger partial charge on any atom is -0.334 e. The fourth-order valence-electron chi connectivity index (χ4n) is 3.08. The Balaban J connectivity index is 1.42. The quantitative estimate of drug-likeness (QED) is 0.278. The molecule has 0 saturated carbocycles. The van der Waals surface area contributed by atoms with Crippen LogP contribution in [0, 0.1) is 0 Å². The molecule has 0 radical (unpaired) electrons. The number of rotatable bonds is 7. The average Bonchev–Trinajstić information content (AvgIpc) is 3.55. The predicted octanol–water partition coefficient (Wildman–Crippen LogP) is 5.92. The van der Waals surface area contributed by atoms with Crippen molar-refractivity contribution in [1.29, 1.82) is 0 Å². The Bertz CT molecular complexity index is 1270. The highest BCUT2D eigenvalue weighted by Crippen LogP contribution is 2.27. The minimum absolute atomic E-state index is 0.519. The van der Waals surface area contributed by atoms with Crippen molar-refractivity contribution in [2.24, 2.45) is 0 Å². The SMILES string of the molecule is Clc1ccc(-n2c(Cc3ccccc3)nnc2SCc2noc(-c3ccsc3)n2)cc1. The molecule has 5 rings (SSSR count). The van der Waals surface area contributed by atoms with E-state index >= 15 is 0 Å². The van der Waals surface area contributed by atoms with Crippen LogP contribution in [0.15, 0.2) is 81.1 Å². The van der Waals surface area contributed by atoms with Crippen LogP contribution in [0.5, 0.6) is 0 Å². The number of hydrogen-bond acceptors (Lipinski definition) is 7. The van der Waals surface area contributed by atoms with E-state index in [0.717, 1.165) is 22.2 Å². The normalized spacial score (nSPS) is 11.1. The minimum atomic E-state index is 0.519. The van der Waals surface area contributed by atoms with Gasteiger partial charge in [0.1, 0.15) is 5.82 Å². The van der Waals surface area contributed by atoms with Gasteiger partial charge in [-0.1, -0.05) is 58.9 Å². The van der Waals surface area contributed by atoms with Crippen LogP contribution < -0.4 is 0 Å². The summed E-state index contributed by atoms with van der Waals surface area (Å²) in [5.74, 6) is 2.51. The Morgan fingerprint density at radius 2 is 1.84 bits per heavy atom. The van der Waals surface area contributed by atoms with E-state index in [1.807, 2.05) is 63.9 Å². The molecule has 0 fully saturated rings. The summed E-state index contributed by atoms with van der Waals surface area (Å²) in [4.78, 5) is 4.49. The molecule has 9 heteroatoms. The monoisotopic (exact) mass is 465 g/mol. The van der Waals surface area contributed by atoms with Gasteiger partial charge in [-0.3, -0.25) is 4.57 Å². The van der Waals surface area contributed by atoms with E-state index in [0.29, 0.717) is 28.9 Å². The lowest BCUT2D eigenvalue weighted by molar-refractivity contribution is 0.425. The number of halogens is 1. The summed E-state index contributed by atoms with van der Waals surface area (Å²) in [6.45, 7) is 0. The first-order valence-electron chi connectivity index (χ1n) is 9.48. The molecule has 0 spiro atoms. The summed E-state index contributed by atoms with van der Waals surface area (Å²) in [7, 11) is 0. The molecule has 0 aliphatic heterocycles. The summed E-state index contributed by atoms with van der Waals surface area (Å²) in [5.41, 5.74) is 3.05. The Hall–Kier alpha value is -2.94. The summed E-state index contributed by atoms with van der Waals surface area (Å²) >= 11 is 9.21. The van der Waals surface area contributed by atoms with Crippen molar-refractivity contribution >= 4 is 34.7 Å². The summed E-state index contributed by atoms with van der Waals surface area (Å²) in [6.07, 6.45) is 0.668. The molecule has 0 atom stereocenters. The van der Waals surface area contributed by atoms with E-state index in [-0.39, 0.29) is 0 Å². The van der Waals surface area contributed by atoms with Gasteiger partial charge < -0.3 is 4.52 Å². The van der Waals surface area contributed by atoms with E-state index in [1.165, 1.54) is 17.3 Å².